The third kappa shape index (κ3) is 3.62. The first-order valence-electron chi connectivity index (χ1n) is 7.57. The number of anilines is 1. The summed E-state index contributed by atoms with van der Waals surface area (Å²) in [6.07, 6.45) is 1.98. The van der Waals surface area contributed by atoms with Gasteiger partial charge in [-0.25, -0.2) is 9.37 Å². The Kier molecular flexibility index (Phi) is 4.89. The van der Waals surface area contributed by atoms with Crippen molar-refractivity contribution in [3.8, 4) is 0 Å². The molecule has 1 N–H and O–H groups in total. The largest absolute Gasteiger partial charge is 0.337 e. The van der Waals surface area contributed by atoms with E-state index in [0.717, 1.165) is 25.9 Å². The number of rotatable bonds is 3. The summed E-state index contributed by atoms with van der Waals surface area (Å²) >= 11 is 3.19. The molecule has 24 heavy (non-hydrogen) atoms. The van der Waals surface area contributed by atoms with Gasteiger partial charge in [-0.3, -0.25) is 9.59 Å². The number of nitrogens with zero attached hydrogens (tertiary/aromatic N) is 2. The summed E-state index contributed by atoms with van der Waals surface area (Å²) < 4.78 is 13.5. The fraction of sp³-hybridized carbons (Fsp3) is 0.235. The van der Waals surface area contributed by atoms with Crippen molar-refractivity contribution < 1.29 is 14.0 Å². The van der Waals surface area contributed by atoms with Crippen molar-refractivity contribution in [2.45, 2.75) is 12.8 Å². The molecule has 0 radical (unpaired) electrons. The van der Waals surface area contributed by atoms with Crippen LogP contribution in [0.25, 0.3) is 0 Å². The molecule has 0 bridgehead atoms. The first-order chi connectivity index (χ1) is 11.5. The first kappa shape index (κ1) is 16.6. The van der Waals surface area contributed by atoms with Gasteiger partial charge in [-0.15, -0.1) is 0 Å². The van der Waals surface area contributed by atoms with Crippen LogP contribution in [0.4, 0.5) is 10.1 Å². The lowest BCUT2D eigenvalue weighted by Gasteiger charge is -2.15. The Bertz CT molecular complexity index is 791. The van der Waals surface area contributed by atoms with Crippen LogP contribution >= 0.6 is 15.9 Å². The van der Waals surface area contributed by atoms with E-state index in [1.807, 2.05) is 0 Å². The number of pyridine rings is 1. The number of aromatic nitrogens is 1. The lowest BCUT2D eigenvalue weighted by molar-refractivity contribution is 0.0787. The van der Waals surface area contributed by atoms with E-state index < -0.39 is 11.7 Å². The minimum absolute atomic E-state index is 0.135. The molecule has 1 saturated heterocycles. The van der Waals surface area contributed by atoms with Gasteiger partial charge in [-0.05, 0) is 59.1 Å². The van der Waals surface area contributed by atoms with Gasteiger partial charge in [-0.2, -0.15) is 0 Å². The number of nitrogens with one attached hydrogen (secondary N) is 1. The summed E-state index contributed by atoms with van der Waals surface area (Å²) in [4.78, 5) is 30.6. The monoisotopic (exact) mass is 391 g/mol. The minimum atomic E-state index is -0.460. The van der Waals surface area contributed by atoms with Gasteiger partial charge in [0.15, 0.2) is 0 Å². The molecule has 0 atom stereocenters. The highest BCUT2D eigenvalue weighted by Gasteiger charge is 2.21. The van der Waals surface area contributed by atoms with Gasteiger partial charge < -0.3 is 10.2 Å². The standard InChI is InChI=1S/C17H15BrFN3O2/c18-12-10-11(19)6-7-13(12)21-16(23)14-4-3-5-15(20-14)17(24)22-8-1-2-9-22/h3-7,10H,1-2,8-9H2,(H,21,23). The number of hydrogen-bond acceptors (Lipinski definition) is 3. The number of amides is 2. The molecule has 0 spiro atoms. The predicted octanol–water partition coefficient (Wildman–Crippen LogP) is 3.47. The summed E-state index contributed by atoms with van der Waals surface area (Å²) in [5, 5.41) is 2.65. The molecule has 1 aromatic heterocycles. The van der Waals surface area contributed by atoms with Crippen molar-refractivity contribution in [3.63, 3.8) is 0 Å². The highest BCUT2D eigenvalue weighted by Crippen LogP contribution is 2.23. The van der Waals surface area contributed by atoms with E-state index in [-0.39, 0.29) is 17.3 Å². The third-order valence-electron chi connectivity index (χ3n) is 3.77. The Morgan fingerprint density at radius 2 is 1.83 bits per heavy atom. The molecule has 0 aliphatic carbocycles. The smallest absolute Gasteiger partial charge is 0.274 e. The van der Waals surface area contributed by atoms with Crippen molar-refractivity contribution in [3.05, 3.63) is 58.1 Å². The maximum Gasteiger partial charge on any atom is 0.274 e. The molecule has 3 rings (SSSR count). The molecule has 1 aromatic carbocycles. The van der Waals surface area contributed by atoms with E-state index in [9.17, 15) is 14.0 Å². The number of carbonyl (C=O) groups is 2. The maximum atomic E-state index is 13.1. The Balaban J connectivity index is 1.77. The van der Waals surface area contributed by atoms with Crippen LogP contribution in [-0.4, -0.2) is 34.8 Å². The number of benzene rings is 1. The van der Waals surface area contributed by atoms with Crippen molar-refractivity contribution in [1.29, 1.82) is 0 Å². The molecule has 2 heterocycles. The fourth-order valence-corrected chi connectivity index (χ4v) is 2.99. The van der Waals surface area contributed by atoms with Crippen LogP contribution in [0.2, 0.25) is 0 Å². The van der Waals surface area contributed by atoms with Crippen molar-refractivity contribution in [2.24, 2.45) is 0 Å². The second kappa shape index (κ2) is 7.09. The molecule has 124 valence electrons. The molecule has 7 heteroatoms. The fourth-order valence-electron chi connectivity index (χ4n) is 2.54. The molecular weight excluding hydrogens is 377 g/mol. The Morgan fingerprint density at radius 1 is 1.12 bits per heavy atom. The van der Waals surface area contributed by atoms with E-state index in [1.54, 1.807) is 17.0 Å². The predicted molar refractivity (Wildman–Crippen MR) is 91.4 cm³/mol. The van der Waals surface area contributed by atoms with Crippen LogP contribution in [0.5, 0.6) is 0 Å². The van der Waals surface area contributed by atoms with Crippen LogP contribution < -0.4 is 5.32 Å². The SMILES string of the molecule is O=C(Nc1ccc(F)cc1Br)c1cccc(C(=O)N2CCCC2)n1. The van der Waals surface area contributed by atoms with Gasteiger partial charge in [0.1, 0.15) is 17.2 Å². The molecule has 1 fully saturated rings. The highest BCUT2D eigenvalue weighted by molar-refractivity contribution is 9.10. The van der Waals surface area contributed by atoms with E-state index in [1.165, 1.54) is 24.3 Å². The van der Waals surface area contributed by atoms with Crippen molar-refractivity contribution in [2.75, 3.05) is 18.4 Å². The van der Waals surface area contributed by atoms with Crippen LogP contribution in [-0.2, 0) is 0 Å². The van der Waals surface area contributed by atoms with Gasteiger partial charge in [0, 0.05) is 17.6 Å². The molecule has 2 amide bonds. The van der Waals surface area contributed by atoms with Crippen molar-refractivity contribution in [1.82, 2.24) is 9.88 Å². The lowest BCUT2D eigenvalue weighted by Crippen LogP contribution is -2.29. The topological polar surface area (TPSA) is 62.3 Å². The first-order valence-corrected chi connectivity index (χ1v) is 8.36. The molecular formula is C17H15BrFN3O2. The summed E-state index contributed by atoms with van der Waals surface area (Å²) in [6, 6.07) is 8.73. The molecule has 5 nitrogen and oxygen atoms in total. The average Bonchev–Trinajstić information content (AvgIpc) is 3.11. The minimum Gasteiger partial charge on any atom is -0.337 e. The van der Waals surface area contributed by atoms with Crippen LogP contribution in [0, 0.1) is 5.82 Å². The number of halogens is 2. The average molecular weight is 392 g/mol. The molecule has 0 saturated carbocycles. The zero-order valence-corrected chi connectivity index (χ0v) is 14.3. The molecule has 2 aromatic rings. The summed E-state index contributed by atoms with van der Waals surface area (Å²) in [7, 11) is 0. The summed E-state index contributed by atoms with van der Waals surface area (Å²) in [6.45, 7) is 1.44. The van der Waals surface area contributed by atoms with Gasteiger partial charge in [0.25, 0.3) is 11.8 Å². The van der Waals surface area contributed by atoms with E-state index >= 15 is 0 Å². The molecule has 1 aliphatic rings. The Morgan fingerprint density at radius 3 is 2.54 bits per heavy atom. The number of likely N-dealkylation sites (tertiary alicyclic amines) is 1. The van der Waals surface area contributed by atoms with Gasteiger partial charge in [0.05, 0.1) is 5.69 Å². The summed E-state index contributed by atoms with van der Waals surface area (Å²) in [5.74, 6) is -1.03. The van der Waals surface area contributed by atoms with Gasteiger partial charge in [0.2, 0.25) is 0 Å². The van der Waals surface area contributed by atoms with E-state index in [2.05, 4.69) is 26.2 Å². The third-order valence-corrected chi connectivity index (χ3v) is 4.43. The Hall–Kier alpha value is -2.28. The zero-order valence-electron chi connectivity index (χ0n) is 12.8. The second-order valence-corrected chi connectivity index (χ2v) is 6.34. The number of carbonyl (C=O) groups excluding carboxylic acids is 2. The molecule has 1 aliphatic heterocycles. The van der Waals surface area contributed by atoms with Gasteiger partial charge >= 0.3 is 0 Å². The van der Waals surface area contributed by atoms with Crippen LogP contribution in [0.15, 0.2) is 40.9 Å². The highest BCUT2D eigenvalue weighted by atomic mass is 79.9. The quantitative estimate of drug-likeness (QED) is 0.870. The zero-order chi connectivity index (χ0) is 17.1. The molecule has 0 unspecified atom stereocenters. The van der Waals surface area contributed by atoms with Crippen LogP contribution in [0.3, 0.4) is 0 Å². The summed E-state index contributed by atoms with van der Waals surface area (Å²) in [5.41, 5.74) is 0.818. The Labute approximate surface area is 147 Å². The second-order valence-electron chi connectivity index (χ2n) is 5.49. The normalized spacial score (nSPS) is 13.8. The van der Waals surface area contributed by atoms with Crippen LogP contribution in [0.1, 0.15) is 33.8 Å². The van der Waals surface area contributed by atoms with Crippen molar-refractivity contribution >= 4 is 33.4 Å². The lowest BCUT2D eigenvalue weighted by atomic mass is 10.2. The van der Waals surface area contributed by atoms with Gasteiger partial charge in [-0.1, -0.05) is 6.07 Å². The maximum absolute atomic E-state index is 13.1. The van der Waals surface area contributed by atoms with E-state index in [4.69, 9.17) is 0 Å². The number of hydrogen-bond donors (Lipinski definition) is 1. The van der Waals surface area contributed by atoms with E-state index in [0.29, 0.717) is 10.2 Å².